The fraction of sp³-hybridized carbons (Fsp3) is 0.0526. The third-order valence-corrected chi connectivity index (χ3v) is 3.58. The van der Waals surface area contributed by atoms with Crippen molar-refractivity contribution < 1.29 is 23.6 Å². The number of carbonyl (C=O) groups is 1. The Morgan fingerprint density at radius 3 is 2.75 bits per heavy atom. The molecule has 0 aliphatic heterocycles. The van der Waals surface area contributed by atoms with Gasteiger partial charge in [0.25, 0.3) is 5.69 Å². The van der Waals surface area contributed by atoms with Crippen LogP contribution in [0.25, 0.3) is 0 Å². The van der Waals surface area contributed by atoms with Crippen molar-refractivity contribution in [3.05, 3.63) is 82.3 Å². The number of benzene rings is 2. The zero-order chi connectivity index (χ0) is 19.9. The maximum atomic E-state index is 12.0. The SMILES string of the molecule is COc1cc(/C=N/Nc2cccc([N+](=O)[O-])c2)ccc1OC(=O)c1ccco1. The third-order valence-electron chi connectivity index (χ3n) is 3.58. The summed E-state index contributed by atoms with van der Waals surface area (Å²) in [6.07, 6.45) is 2.88. The van der Waals surface area contributed by atoms with Crippen LogP contribution in [0.15, 0.2) is 70.4 Å². The minimum Gasteiger partial charge on any atom is -0.493 e. The first-order valence-corrected chi connectivity index (χ1v) is 8.04. The number of ether oxygens (including phenoxy) is 2. The molecular weight excluding hydrogens is 366 g/mol. The highest BCUT2D eigenvalue weighted by Gasteiger charge is 2.14. The van der Waals surface area contributed by atoms with Crippen LogP contribution in [0, 0.1) is 10.1 Å². The van der Waals surface area contributed by atoms with Gasteiger partial charge in [0.15, 0.2) is 11.5 Å². The Hall–Kier alpha value is -4.14. The molecule has 0 amide bonds. The normalized spacial score (nSPS) is 10.6. The maximum Gasteiger partial charge on any atom is 0.379 e. The molecular formula is C19H15N3O6. The van der Waals surface area contributed by atoms with Gasteiger partial charge in [-0.25, -0.2) is 4.79 Å². The first kappa shape index (κ1) is 18.6. The predicted octanol–water partition coefficient (Wildman–Crippen LogP) is 3.86. The van der Waals surface area contributed by atoms with E-state index in [1.54, 1.807) is 36.4 Å². The quantitative estimate of drug-likeness (QED) is 0.217. The van der Waals surface area contributed by atoms with Gasteiger partial charge in [0.1, 0.15) is 0 Å². The van der Waals surface area contributed by atoms with Crippen LogP contribution in [0.5, 0.6) is 11.5 Å². The molecule has 1 aromatic heterocycles. The molecule has 0 atom stereocenters. The number of nitro benzene ring substituents is 1. The van der Waals surface area contributed by atoms with Crippen molar-refractivity contribution in [1.82, 2.24) is 0 Å². The molecule has 0 fully saturated rings. The van der Waals surface area contributed by atoms with Gasteiger partial charge in [-0.1, -0.05) is 6.07 Å². The predicted molar refractivity (Wildman–Crippen MR) is 101 cm³/mol. The summed E-state index contributed by atoms with van der Waals surface area (Å²) in [6.45, 7) is 0. The van der Waals surface area contributed by atoms with Gasteiger partial charge in [0, 0.05) is 12.1 Å². The highest BCUT2D eigenvalue weighted by molar-refractivity contribution is 5.89. The fourth-order valence-electron chi connectivity index (χ4n) is 2.26. The lowest BCUT2D eigenvalue weighted by molar-refractivity contribution is -0.384. The topological polar surface area (TPSA) is 116 Å². The molecule has 0 saturated heterocycles. The molecule has 9 nitrogen and oxygen atoms in total. The van der Waals surface area contributed by atoms with Gasteiger partial charge in [0.05, 0.1) is 30.2 Å². The van der Waals surface area contributed by atoms with E-state index in [1.165, 1.54) is 37.8 Å². The highest BCUT2D eigenvalue weighted by Crippen LogP contribution is 2.28. The number of esters is 1. The number of carbonyl (C=O) groups excluding carboxylic acids is 1. The van der Waals surface area contributed by atoms with E-state index in [2.05, 4.69) is 10.5 Å². The average molecular weight is 381 g/mol. The number of methoxy groups -OCH3 is 1. The van der Waals surface area contributed by atoms with Crippen LogP contribution in [0.3, 0.4) is 0 Å². The van der Waals surface area contributed by atoms with Gasteiger partial charge in [0.2, 0.25) is 5.76 Å². The van der Waals surface area contributed by atoms with Gasteiger partial charge in [-0.3, -0.25) is 15.5 Å². The third kappa shape index (κ3) is 4.52. The molecule has 2 aromatic carbocycles. The van der Waals surface area contributed by atoms with Crippen molar-refractivity contribution >= 4 is 23.6 Å². The molecule has 0 aliphatic rings. The number of anilines is 1. The lowest BCUT2D eigenvalue weighted by Gasteiger charge is -2.09. The molecule has 3 rings (SSSR count). The standard InChI is InChI=1S/C19H15N3O6/c1-26-18-10-13(7-8-16(18)28-19(23)17-6-3-9-27-17)12-20-21-14-4-2-5-15(11-14)22(24)25/h2-12,21H,1H3/b20-12+. The zero-order valence-corrected chi connectivity index (χ0v) is 14.7. The van der Waals surface area contributed by atoms with Crippen LogP contribution < -0.4 is 14.9 Å². The monoisotopic (exact) mass is 381 g/mol. The maximum absolute atomic E-state index is 12.0. The number of hydrogen-bond acceptors (Lipinski definition) is 8. The highest BCUT2D eigenvalue weighted by atomic mass is 16.6. The number of hydrogen-bond donors (Lipinski definition) is 1. The number of non-ortho nitro benzene ring substituents is 1. The van der Waals surface area contributed by atoms with Crippen LogP contribution in [-0.2, 0) is 0 Å². The fourth-order valence-corrected chi connectivity index (χ4v) is 2.26. The van der Waals surface area contributed by atoms with Crippen molar-refractivity contribution in [3.63, 3.8) is 0 Å². The zero-order valence-electron chi connectivity index (χ0n) is 14.7. The van der Waals surface area contributed by atoms with Crippen LogP contribution in [0.1, 0.15) is 16.1 Å². The van der Waals surface area contributed by atoms with Crippen molar-refractivity contribution in [3.8, 4) is 11.5 Å². The Kier molecular flexibility index (Phi) is 5.66. The van der Waals surface area contributed by atoms with E-state index in [0.29, 0.717) is 17.0 Å². The summed E-state index contributed by atoms with van der Waals surface area (Å²) in [6, 6.07) is 13.9. The average Bonchev–Trinajstić information content (AvgIpc) is 3.24. The molecule has 1 N–H and O–H groups in total. The lowest BCUT2D eigenvalue weighted by atomic mass is 10.2. The molecule has 0 saturated carbocycles. The molecule has 0 spiro atoms. The van der Waals surface area contributed by atoms with E-state index < -0.39 is 10.9 Å². The van der Waals surface area contributed by atoms with Gasteiger partial charge >= 0.3 is 5.97 Å². The second-order valence-corrected chi connectivity index (χ2v) is 5.45. The molecule has 28 heavy (non-hydrogen) atoms. The summed E-state index contributed by atoms with van der Waals surface area (Å²) in [5.41, 5.74) is 3.81. The van der Waals surface area contributed by atoms with Gasteiger partial charge in [-0.15, -0.1) is 0 Å². The number of hydrazone groups is 1. The minimum absolute atomic E-state index is 0.0374. The van der Waals surface area contributed by atoms with E-state index in [-0.39, 0.29) is 17.2 Å². The van der Waals surface area contributed by atoms with Crippen LogP contribution >= 0.6 is 0 Å². The van der Waals surface area contributed by atoms with Gasteiger partial charge in [-0.2, -0.15) is 5.10 Å². The molecule has 0 bridgehead atoms. The molecule has 0 unspecified atom stereocenters. The second kappa shape index (κ2) is 8.49. The number of nitrogens with zero attached hydrogens (tertiary/aromatic N) is 2. The number of nitro groups is 1. The van der Waals surface area contributed by atoms with E-state index >= 15 is 0 Å². The first-order chi connectivity index (χ1) is 13.6. The first-order valence-electron chi connectivity index (χ1n) is 8.04. The van der Waals surface area contributed by atoms with E-state index in [9.17, 15) is 14.9 Å². The molecule has 9 heteroatoms. The lowest BCUT2D eigenvalue weighted by Crippen LogP contribution is -2.08. The number of furan rings is 1. The summed E-state index contributed by atoms with van der Waals surface area (Å²) in [5, 5.41) is 14.8. The molecule has 0 radical (unpaired) electrons. The van der Waals surface area contributed by atoms with E-state index in [4.69, 9.17) is 13.9 Å². The molecule has 0 aliphatic carbocycles. The van der Waals surface area contributed by atoms with Crippen molar-refractivity contribution in [2.24, 2.45) is 5.10 Å². The van der Waals surface area contributed by atoms with Gasteiger partial charge < -0.3 is 13.9 Å². The van der Waals surface area contributed by atoms with Gasteiger partial charge in [-0.05, 0) is 42.0 Å². The minimum atomic E-state index is -0.642. The van der Waals surface area contributed by atoms with Crippen molar-refractivity contribution in [2.45, 2.75) is 0 Å². The van der Waals surface area contributed by atoms with Crippen molar-refractivity contribution in [1.29, 1.82) is 0 Å². The van der Waals surface area contributed by atoms with Crippen molar-refractivity contribution in [2.75, 3.05) is 12.5 Å². The number of nitrogens with one attached hydrogen (secondary N) is 1. The van der Waals surface area contributed by atoms with E-state index in [0.717, 1.165) is 0 Å². The van der Waals surface area contributed by atoms with Crippen LogP contribution in [0.4, 0.5) is 11.4 Å². The summed E-state index contributed by atoms with van der Waals surface area (Å²) in [7, 11) is 1.45. The summed E-state index contributed by atoms with van der Waals surface area (Å²) >= 11 is 0. The Morgan fingerprint density at radius 1 is 1.18 bits per heavy atom. The van der Waals surface area contributed by atoms with Crippen LogP contribution in [0.2, 0.25) is 0 Å². The summed E-state index contributed by atoms with van der Waals surface area (Å²) < 4.78 is 15.5. The Balaban J connectivity index is 1.69. The number of rotatable bonds is 7. The Labute approximate surface area is 159 Å². The second-order valence-electron chi connectivity index (χ2n) is 5.45. The smallest absolute Gasteiger partial charge is 0.379 e. The summed E-state index contributed by atoms with van der Waals surface area (Å²) in [4.78, 5) is 22.3. The van der Waals surface area contributed by atoms with E-state index in [1.807, 2.05) is 0 Å². The van der Waals surface area contributed by atoms with Crippen LogP contribution in [-0.4, -0.2) is 24.2 Å². The molecule has 142 valence electrons. The summed E-state index contributed by atoms with van der Waals surface area (Å²) in [5.74, 6) is -0.00204. The molecule has 3 aromatic rings. The Morgan fingerprint density at radius 2 is 2.04 bits per heavy atom. The Bertz CT molecular complexity index is 1010. The molecule has 1 heterocycles. The largest absolute Gasteiger partial charge is 0.493 e.